The van der Waals surface area contributed by atoms with Crippen LogP contribution in [0.15, 0.2) is 0 Å². The van der Waals surface area contributed by atoms with Gasteiger partial charge in [-0.25, -0.2) is 4.79 Å². The van der Waals surface area contributed by atoms with Crippen molar-refractivity contribution in [2.75, 3.05) is 6.61 Å². The Morgan fingerprint density at radius 1 is 1.08 bits per heavy atom. The Morgan fingerprint density at radius 2 is 1.62 bits per heavy atom. The number of esters is 2. The Labute approximate surface area is 141 Å². The summed E-state index contributed by atoms with van der Waals surface area (Å²) in [6.45, 7) is 2.37. The summed E-state index contributed by atoms with van der Waals surface area (Å²) in [6.07, 6.45) is 6.24. The van der Waals surface area contributed by atoms with Crippen LogP contribution in [0, 0.1) is 23.7 Å². The van der Waals surface area contributed by atoms with E-state index < -0.39 is 11.9 Å². The predicted octanol–water partition coefficient (Wildman–Crippen LogP) is 3.72. The number of carbonyl (C=O) groups is 2. The van der Waals surface area contributed by atoms with Gasteiger partial charge in [0, 0.05) is 13.3 Å². The molecule has 0 aliphatic heterocycles. The molecule has 0 unspecified atom stereocenters. The minimum absolute atomic E-state index is 0.0878. The Balaban J connectivity index is 1.44. The minimum atomic E-state index is -3.49. The standard InChI is InChI=1S/C18H26F2O4/c1-17(13-7-11-6-12(9-13)10-14(17)8-11)24-15(21)4-3-5-23-16(22)18(2,19)20/h11-14H,3-10H2,1-2H3. The SMILES string of the molecule is CC(F)(F)C(=O)OCCCC(=O)OC1(C)C2CC3CC(C2)CC1C3. The summed E-state index contributed by atoms with van der Waals surface area (Å²) in [7, 11) is 0. The van der Waals surface area contributed by atoms with Gasteiger partial charge >= 0.3 is 17.9 Å². The minimum Gasteiger partial charge on any atom is -0.461 e. The zero-order valence-electron chi connectivity index (χ0n) is 14.4. The van der Waals surface area contributed by atoms with Gasteiger partial charge in [-0.05, 0) is 69.1 Å². The van der Waals surface area contributed by atoms with Crippen molar-refractivity contribution in [2.24, 2.45) is 23.7 Å². The molecule has 4 nitrogen and oxygen atoms in total. The van der Waals surface area contributed by atoms with Crippen LogP contribution in [-0.4, -0.2) is 30.1 Å². The summed E-state index contributed by atoms with van der Waals surface area (Å²) < 4.78 is 35.7. The third-order valence-corrected chi connectivity index (χ3v) is 6.21. The number of rotatable bonds is 6. The van der Waals surface area contributed by atoms with Crippen molar-refractivity contribution in [3.05, 3.63) is 0 Å². The molecule has 0 N–H and O–H groups in total. The first-order chi connectivity index (χ1) is 11.2. The van der Waals surface area contributed by atoms with Crippen LogP contribution in [0.25, 0.3) is 0 Å². The average molecular weight is 344 g/mol. The van der Waals surface area contributed by atoms with Gasteiger partial charge in [-0.2, -0.15) is 8.78 Å². The highest BCUT2D eigenvalue weighted by molar-refractivity contribution is 5.77. The van der Waals surface area contributed by atoms with Crippen LogP contribution in [-0.2, 0) is 19.1 Å². The van der Waals surface area contributed by atoms with Crippen LogP contribution in [0.3, 0.4) is 0 Å². The highest BCUT2D eigenvalue weighted by Gasteiger charge is 2.56. The molecule has 4 aliphatic carbocycles. The lowest BCUT2D eigenvalue weighted by Crippen LogP contribution is -2.58. The van der Waals surface area contributed by atoms with Crippen molar-refractivity contribution < 1.29 is 27.8 Å². The Hall–Kier alpha value is -1.20. The molecule has 0 radical (unpaired) electrons. The zero-order chi connectivity index (χ0) is 17.5. The summed E-state index contributed by atoms with van der Waals surface area (Å²) in [6, 6.07) is 0. The largest absolute Gasteiger partial charge is 0.461 e. The van der Waals surface area contributed by atoms with Crippen molar-refractivity contribution in [2.45, 2.75) is 70.3 Å². The molecular formula is C18H26F2O4. The molecule has 4 bridgehead atoms. The van der Waals surface area contributed by atoms with Gasteiger partial charge in [-0.1, -0.05) is 0 Å². The van der Waals surface area contributed by atoms with E-state index >= 15 is 0 Å². The molecule has 0 atom stereocenters. The quantitative estimate of drug-likeness (QED) is 0.544. The molecule has 4 fully saturated rings. The van der Waals surface area contributed by atoms with Crippen LogP contribution in [0.2, 0.25) is 0 Å². The second-order valence-electron chi connectivity index (χ2n) is 8.09. The summed E-state index contributed by atoms with van der Waals surface area (Å²) in [5.74, 6) is -2.85. The van der Waals surface area contributed by atoms with Crippen LogP contribution in [0.5, 0.6) is 0 Å². The van der Waals surface area contributed by atoms with Crippen molar-refractivity contribution in [3.63, 3.8) is 0 Å². The van der Waals surface area contributed by atoms with E-state index in [0.29, 0.717) is 18.8 Å². The Bertz CT molecular complexity index is 484. The van der Waals surface area contributed by atoms with Gasteiger partial charge in [-0.15, -0.1) is 0 Å². The highest BCUT2D eigenvalue weighted by Crippen LogP contribution is 2.59. The normalized spacial score (nSPS) is 37.3. The molecule has 0 saturated heterocycles. The Morgan fingerprint density at radius 3 is 2.12 bits per heavy atom. The highest BCUT2D eigenvalue weighted by atomic mass is 19.3. The first-order valence-electron chi connectivity index (χ1n) is 8.95. The zero-order valence-corrected chi connectivity index (χ0v) is 14.4. The van der Waals surface area contributed by atoms with E-state index in [9.17, 15) is 18.4 Å². The fraction of sp³-hybridized carbons (Fsp3) is 0.889. The molecule has 0 aromatic carbocycles. The number of halogens is 2. The van der Waals surface area contributed by atoms with E-state index in [1.165, 1.54) is 6.42 Å². The van der Waals surface area contributed by atoms with Gasteiger partial charge in [0.15, 0.2) is 0 Å². The van der Waals surface area contributed by atoms with Crippen molar-refractivity contribution in [1.82, 2.24) is 0 Å². The smallest absolute Gasteiger partial charge is 0.376 e. The molecule has 136 valence electrons. The number of ether oxygens (including phenoxy) is 2. The lowest BCUT2D eigenvalue weighted by atomic mass is 9.50. The Kier molecular flexibility index (Phi) is 4.60. The molecule has 4 aliphatic rings. The topological polar surface area (TPSA) is 52.6 Å². The van der Waals surface area contributed by atoms with E-state index in [-0.39, 0.29) is 31.0 Å². The van der Waals surface area contributed by atoms with Crippen molar-refractivity contribution in [3.8, 4) is 0 Å². The summed E-state index contributed by atoms with van der Waals surface area (Å²) >= 11 is 0. The predicted molar refractivity (Wildman–Crippen MR) is 82.4 cm³/mol. The number of carbonyl (C=O) groups excluding carboxylic acids is 2. The van der Waals surface area contributed by atoms with E-state index in [1.54, 1.807) is 0 Å². The van der Waals surface area contributed by atoms with Gasteiger partial charge in [0.1, 0.15) is 5.60 Å². The lowest BCUT2D eigenvalue weighted by Gasteiger charge is -2.59. The number of hydrogen-bond donors (Lipinski definition) is 0. The van der Waals surface area contributed by atoms with Gasteiger partial charge < -0.3 is 9.47 Å². The molecule has 6 heteroatoms. The molecule has 0 amide bonds. The third-order valence-electron chi connectivity index (χ3n) is 6.21. The van der Waals surface area contributed by atoms with E-state index in [0.717, 1.165) is 37.5 Å². The fourth-order valence-electron chi connectivity index (χ4n) is 5.09. The summed E-state index contributed by atoms with van der Waals surface area (Å²) in [5, 5.41) is 0. The van der Waals surface area contributed by atoms with E-state index in [4.69, 9.17) is 4.74 Å². The third kappa shape index (κ3) is 3.42. The van der Waals surface area contributed by atoms with Crippen LogP contribution < -0.4 is 0 Å². The molecular weight excluding hydrogens is 318 g/mol. The van der Waals surface area contributed by atoms with Gasteiger partial charge in [0.2, 0.25) is 0 Å². The van der Waals surface area contributed by atoms with Crippen molar-refractivity contribution in [1.29, 1.82) is 0 Å². The van der Waals surface area contributed by atoms with Crippen molar-refractivity contribution >= 4 is 11.9 Å². The molecule has 4 rings (SSSR count). The molecule has 0 spiro atoms. The molecule has 0 aromatic heterocycles. The second-order valence-corrected chi connectivity index (χ2v) is 8.09. The monoisotopic (exact) mass is 344 g/mol. The maximum Gasteiger partial charge on any atom is 0.376 e. The van der Waals surface area contributed by atoms with Crippen LogP contribution >= 0.6 is 0 Å². The van der Waals surface area contributed by atoms with E-state index in [2.05, 4.69) is 11.7 Å². The molecule has 24 heavy (non-hydrogen) atoms. The number of hydrogen-bond acceptors (Lipinski definition) is 4. The number of alkyl halides is 2. The maximum atomic E-state index is 12.7. The first-order valence-corrected chi connectivity index (χ1v) is 8.95. The van der Waals surface area contributed by atoms with Crippen LogP contribution in [0.1, 0.15) is 58.8 Å². The van der Waals surface area contributed by atoms with Gasteiger partial charge in [0.25, 0.3) is 0 Å². The summed E-state index contributed by atoms with van der Waals surface area (Å²) in [4.78, 5) is 23.1. The lowest BCUT2D eigenvalue weighted by molar-refractivity contribution is -0.203. The molecule has 0 heterocycles. The maximum absolute atomic E-state index is 12.7. The van der Waals surface area contributed by atoms with Gasteiger partial charge in [-0.3, -0.25) is 4.79 Å². The molecule has 4 saturated carbocycles. The fourth-order valence-corrected chi connectivity index (χ4v) is 5.09. The summed E-state index contributed by atoms with van der Waals surface area (Å²) in [5.41, 5.74) is -0.377. The second kappa shape index (κ2) is 6.26. The first kappa shape index (κ1) is 17.6. The van der Waals surface area contributed by atoms with E-state index in [1.807, 2.05) is 0 Å². The van der Waals surface area contributed by atoms with Gasteiger partial charge in [0.05, 0.1) is 6.61 Å². The van der Waals surface area contributed by atoms with Crippen LogP contribution in [0.4, 0.5) is 8.78 Å². The molecule has 0 aromatic rings. The average Bonchev–Trinajstić information content (AvgIpc) is 2.47.